The van der Waals surface area contributed by atoms with E-state index in [1.165, 1.54) is 6.08 Å². The van der Waals surface area contributed by atoms with Crippen LogP contribution >= 0.6 is 43.5 Å². The van der Waals surface area contributed by atoms with Gasteiger partial charge in [0.05, 0.1) is 9.50 Å². The Morgan fingerprint density at radius 2 is 1.89 bits per heavy atom. The van der Waals surface area contributed by atoms with Crippen molar-refractivity contribution < 1.29 is 14.3 Å². The normalized spacial score (nSPS) is 15.1. The number of hydrogen-bond donors (Lipinski definition) is 1. The minimum absolute atomic E-state index is 0.148. The number of ether oxygens (including phenoxy) is 1. The number of benzene rings is 2. The largest absolute Gasteiger partial charge is 0.486 e. The molecule has 0 atom stereocenters. The van der Waals surface area contributed by atoms with Crippen LogP contribution < -0.4 is 10.1 Å². The first kappa shape index (κ1) is 20.6. The van der Waals surface area contributed by atoms with Gasteiger partial charge in [-0.1, -0.05) is 45.7 Å². The standard InChI is InChI=1S/C20H15Br2ClN2O3/c1-2-7-25-19(26)17(24-20(25)27)10-13-8-15(22)18(16(23)9-13)28-11-12-3-5-14(21)6-4-12/h2-6,8-10H,1,7,11H2,(H,24,27)/b17-10+. The number of urea groups is 1. The first-order valence-corrected chi connectivity index (χ1v) is 10.2. The third-order valence-electron chi connectivity index (χ3n) is 3.90. The van der Waals surface area contributed by atoms with Crippen molar-refractivity contribution in [2.45, 2.75) is 6.61 Å². The van der Waals surface area contributed by atoms with E-state index in [1.54, 1.807) is 18.2 Å². The van der Waals surface area contributed by atoms with Crippen LogP contribution in [-0.4, -0.2) is 23.4 Å². The van der Waals surface area contributed by atoms with Gasteiger partial charge in [-0.15, -0.1) is 6.58 Å². The summed E-state index contributed by atoms with van der Waals surface area (Å²) in [6.07, 6.45) is 3.06. The van der Waals surface area contributed by atoms with E-state index >= 15 is 0 Å². The SMILES string of the molecule is C=CCN1C(=O)N/C(=C/c2cc(Cl)c(OCc3ccc(Br)cc3)c(Br)c2)C1=O. The fourth-order valence-electron chi connectivity index (χ4n) is 2.57. The van der Waals surface area contributed by atoms with Crippen LogP contribution in [0.15, 0.2) is 63.7 Å². The number of rotatable bonds is 6. The molecule has 144 valence electrons. The number of nitrogens with zero attached hydrogens (tertiary/aromatic N) is 1. The number of halogens is 3. The Hall–Kier alpha value is -2.09. The van der Waals surface area contributed by atoms with Crippen LogP contribution in [0.3, 0.4) is 0 Å². The van der Waals surface area contributed by atoms with E-state index in [9.17, 15) is 9.59 Å². The molecule has 1 heterocycles. The van der Waals surface area contributed by atoms with Crippen molar-refractivity contribution in [3.63, 3.8) is 0 Å². The maximum absolute atomic E-state index is 12.3. The summed E-state index contributed by atoms with van der Waals surface area (Å²) in [6, 6.07) is 10.7. The van der Waals surface area contributed by atoms with E-state index < -0.39 is 11.9 Å². The molecule has 0 saturated carbocycles. The molecule has 5 nitrogen and oxygen atoms in total. The van der Waals surface area contributed by atoms with Crippen LogP contribution in [0.25, 0.3) is 6.08 Å². The summed E-state index contributed by atoms with van der Waals surface area (Å²) in [4.78, 5) is 25.2. The van der Waals surface area contributed by atoms with Crippen LogP contribution in [0, 0.1) is 0 Å². The van der Waals surface area contributed by atoms with Crippen LogP contribution in [0.4, 0.5) is 4.79 Å². The molecule has 0 bridgehead atoms. The molecule has 0 aromatic heterocycles. The summed E-state index contributed by atoms with van der Waals surface area (Å²) in [5, 5.41) is 2.94. The fourth-order valence-corrected chi connectivity index (χ4v) is 3.82. The highest BCUT2D eigenvalue weighted by atomic mass is 79.9. The Morgan fingerprint density at radius 1 is 1.18 bits per heavy atom. The lowest BCUT2D eigenvalue weighted by atomic mass is 10.1. The summed E-state index contributed by atoms with van der Waals surface area (Å²) in [5.74, 6) is 0.0921. The van der Waals surface area contributed by atoms with E-state index in [2.05, 4.69) is 43.8 Å². The minimum Gasteiger partial charge on any atom is -0.486 e. The molecule has 3 amide bonds. The monoisotopic (exact) mass is 524 g/mol. The summed E-state index contributed by atoms with van der Waals surface area (Å²) < 4.78 is 7.47. The quantitative estimate of drug-likeness (QED) is 0.306. The van der Waals surface area contributed by atoms with Gasteiger partial charge < -0.3 is 10.1 Å². The molecular formula is C20H15Br2ClN2O3. The topological polar surface area (TPSA) is 58.6 Å². The molecule has 0 unspecified atom stereocenters. The second-order valence-electron chi connectivity index (χ2n) is 5.92. The van der Waals surface area contributed by atoms with Crippen molar-refractivity contribution in [3.05, 3.63) is 79.8 Å². The van der Waals surface area contributed by atoms with Crippen molar-refractivity contribution in [2.75, 3.05) is 6.54 Å². The highest BCUT2D eigenvalue weighted by molar-refractivity contribution is 9.10. The zero-order valence-corrected chi connectivity index (χ0v) is 18.5. The molecule has 0 radical (unpaired) electrons. The predicted molar refractivity (Wildman–Crippen MR) is 116 cm³/mol. The van der Waals surface area contributed by atoms with Crippen LogP contribution in [-0.2, 0) is 11.4 Å². The van der Waals surface area contributed by atoms with Crippen molar-refractivity contribution in [1.29, 1.82) is 0 Å². The van der Waals surface area contributed by atoms with Crippen LogP contribution in [0.2, 0.25) is 5.02 Å². The molecular weight excluding hydrogens is 511 g/mol. The molecule has 1 N–H and O–H groups in total. The lowest BCUT2D eigenvalue weighted by Crippen LogP contribution is -2.30. The molecule has 2 aromatic carbocycles. The van der Waals surface area contributed by atoms with Gasteiger partial charge in [-0.2, -0.15) is 0 Å². The second kappa shape index (κ2) is 8.94. The van der Waals surface area contributed by atoms with Crippen molar-refractivity contribution >= 4 is 61.5 Å². The van der Waals surface area contributed by atoms with Crippen molar-refractivity contribution in [2.24, 2.45) is 0 Å². The highest BCUT2D eigenvalue weighted by Crippen LogP contribution is 2.36. The first-order chi connectivity index (χ1) is 13.4. The van der Waals surface area contributed by atoms with Crippen molar-refractivity contribution in [3.8, 4) is 5.75 Å². The van der Waals surface area contributed by atoms with Gasteiger partial charge >= 0.3 is 6.03 Å². The Bertz CT molecular complexity index is 951. The van der Waals surface area contributed by atoms with E-state index in [0.29, 0.717) is 27.4 Å². The van der Waals surface area contributed by atoms with Gasteiger partial charge in [-0.25, -0.2) is 4.79 Å². The Labute approximate surface area is 184 Å². The van der Waals surface area contributed by atoms with Gasteiger partial charge in [0.15, 0.2) is 5.75 Å². The maximum Gasteiger partial charge on any atom is 0.329 e. The predicted octanol–water partition coefficient (Wildman–Crippen LogP) is 5.52. The number of imide groups is 1. The van der Waals surface area contributed by atoms with Gasteiger partial charge in [0.2, 0.25) is 0 Å². The first-order valence-electron chi connectivity index (χ1n) is 8.20. The molecule has 1 saturated heterocycles. The third kappa shape index (κ3) is 4.66. The molecule has 2 aromatic rings. The number of carbonyl (C=O) groups is 2. The molecule has 8 heteroatoms. The Morgan fingerprint density at radius 3 is 2.54 bits per heavy atom. The van der Waals surface area contributed by atoms with E-state index in [-0.39, 0.29) is 12.2 Å². The summed E-state index contributed by atoms with van der Waals surface area (Å²) in [5.41, 5.74) is 1.83. The maximum atomic E-state index is 12.3. The van der Waals surface area contributed by atoms with Crippen LogP contribution in [0.1, 0.15) is 11.1 Å². The van der Waals surface area contributed by atoms with Gasteiger partial charge in [0.25, 0.3) is 5.91 Å². The molecule has 28 heavy (non-hydrogen) atoms. The molecule has 1 aliphatic heterocycles. The van der Waals surface area contributed by atoms with E-state index in [1.807, 2.05) is 24.3 Å². The third-order valence-corrected chi connectivity index (χ3v) is 5.30. The Kier molecular flexibility index (Phi) is 6.59. The second-order valence-corrected chi connectivity index (χ2v) is 8.10. The summed E-state index contributed by atoms with van der Waals surface area (Å²) in [6.45, 7) is 4.05. The van der Waals surface area contributed by atoms with E-state index in [0.717, 1.165) is 14.9 Å². The number of carbonyl (C=O) groups excluding carboxylic acids is 2. The molecule has 0 aliphatic carbocycles. The number of hydrogen-bond acceptors (Lipinski definition) is 3. The fraction of sp³-hybridized carbons (Fsp3) is 0.100. The summed E-state index contributed by atoms with van der Waals surface area (Å²) >= 11 is 13.2. The molecule has 3 rings (SSSR count). The molecule has 1 fully saturated rings. The van der Waals surface area contributed by atoms with Crippen LogP contribution in [0.5, 0.6) is 5.75 Å². The summed E-state index contributed by atoms with van der Waals surface area (Å²) in [7, 11) is 0. The average Bonchev–Trinajstić information content (AvgIpc) is 2.90. The van der Waals surface area contributed by atoms with Gasteiger partial charge in [-0.3, -0.25) is 9.69 Å². The van der Waals surface area contributed by atoms with Gasteiger partial charge in [0.1, 0.15) is 12.3 Å². The van der Waals surface area contributed by atoms with Gasteiger partial charge in [-0.05, 0) is 57.4 Å². The average molecular weight is 527 g/mol. The molecule has 1 aliphatic rings. The highest BCUT2D eigenvalue weighted by Gasteiger charge is 2.32. The lowest BCUT2D eigenvalue weighted by molar-refractivity contribution is -0.122. The lowest BCUT2D eigenvalue weighted by Gasteiger charge is -2.11. The zero-order valence-electron chi connectivity index (χ0n) is 14.5. The van der Waals surface area contributed by atoms with Gasteiger partial charge in [0, 0.05) is 11.0 Å². The molecule has 0 spiro atoms. The number of amides is 3. The van der Waals surface area contributed by atoms with E-state index in [4.69, 9.17) is 16.3 Å². The Balaban J connectivity index is 1.78. The number of nitrogens with one attached hydrogen (secondary N) is 1. The van der Waals surface area contributed by atoms with Crippen molar-refractivity contribution in [1.82, 2.24) is 10.2 Å². The smallest absolute Gasteiger partial charge is 0.329 e. The minimum atomic E-state index is -0.476. The zero-order chi connectivity index (χ0) is 20.3.